The third kappa shape index (κ3) is 4.83. The largest absolute Gasteiger partial charge is 0.497 e. The van der Waals surface area contributed by atoms with Crippen molar-refractivity contribution in [1.29, 1.82) is 0 Å². The number of benzene rings is 3. The van der Waals surface area contributed by atoms with Crippen molar-refractivity contribution in [3.05, 3.63) is 94.4 Å². The van der Waals surface area contributed by atoms with Crippen LogP contribution in [0.3, 0.4) is 0 Å². The highest BCUT2D eigenvalue weighted by Gasteiger charge is 2.38. The molecule has 1 aliphatic rings. The third-order valence-corrected chi connectivity index (χ3v) is 6.50. The van der Waals surface area contributed by atoms with Gasteiger partial charge in [0.15, 0.2) is 0 Å². The van der Waals surface area contributed by atoms with Crippen LogP contribution in [0, 0.1) is 6.92 Å². The van der Waals surface area contributed by atoms with Gasteiger partial charge < -0.3 is 9.47 Å². The molecule has 1 heterocycles. The minimum atomic E-state index is -0.137. The van der Waals surface area contributed by atoms with Gasteiger partial charge in [0.2, 0.25) is 0 Å². The molecule has 5 heteroatoms. The van der Waals surface area contributed by atoms with Crippen LogP contribution in [-0.2, 0) is 4.79 Å². The predicted molar refractivity (Wildman–Crippen MR) is 132 cm³/mol. The molecule has 0 N–H and O–H groups in total. The topological polar surface area (TPSA) is 38.8 Å². The Morgan fingerprint density at radius 2 is 1.75 bits per heavy atom. The molecule has 0 radical (unpaired) electrons. The molecule has 1 aliphatic heterocycles. The Bertz CT molecular complexity index is 1110. The molecule has 1 fully saturated rings. The summed E-state index contributed by atoms with van der Waals surface area (Å²) in [6.45, 7) is 4.82. The molecular formula is C27H27NO3S. The quantitative estimate of drug-likeness (QED) is 0.384. The highest BCUT2D eigenvalue weighted by atomic mass is 32.2. The van der Waals surface area contributed by atoms with Gasteiger partial charge in [-0.15, -0.1) is 0 Å². The first-order chi connectivity index (χ1) is 15.6. The molecule has 1 saturated heterocycles. The molecule has 1 atom stereocenters. The van der Waals surface area contributed by atoms with Gasteiger partial charge in [-0.1, -0.05) is 60.6 Å². The maximum atomic E-state index is 13.5. The van der Waals surface area contributed by atoms with E-state index in [1.807, 2.05) is 59.5 Å². The van der Waals surface area contributed by atoms with Gasteiger partial charge in [0.1, 0.15) is 16.9 Å². The van der Waals surface area contributed by atoms with Gasteiger partial charge in [-0.25, -0.2) is 0 Å². The third-order valence-electron chi connectivity index (χ3n) is 5.24. The molecule has 3 aromatic carbocycles. The number of nitrogens with zero attached hydrogens (tertiary/aromatic N) is 1. The Kier molecular flexibility index (Phi) is 6.86. The number of anilines is 1. The lowest BCUT2D eigenvalue weighted by molar-refractivity contribution is -0.114. The van der Waals surface area contributed by atoms with E-state index in [0.717, 1.165) is 34.7 Å². The molecule has 1 amide bonds. The Morgan fingerprint density at radius 1 is 1.00 bits per heavy atom. The van der Waals surface area contributed by atoms with E-state index in [1.54, 1.807) is 18.9 Å². The number of hydrogen-bond donors (Lipinski definition) is 0. The van der Waals surface area contributed by atoms with Crippen LogP contribution in [0.2, 0.25) is 0 Å². The fraction of sp³-hybridized carbons (Fsp3) is 0.222. The number of ether oxygens (including phenoxy) is 2. The number of methoxy groups -OCH3 is 1. The van der Waals surface area contributed by atoms with Crippen LogP contribution < -0.4 is 14.4 Å². The number of amides is 1. The summed E-state index contributed by atoms with van der Waals surface area (Å²) in [6.07, 6.45) is 2.91. The highest BCUT2D eigenvalue weighted by molar-refractivity contribution is 8.05. The average Bonchev–Trinajstić information content (AvgIpc) is 3.14. The molecule has 0 saturated carbocycles. The number of carbonyl (C=O) groups is 1. The second kappa shape index (κ2) is 9.96. The van der Waals surface area contributed by atoms with E-state index in [-0.39, 0.29) is 11.3 Å². The summed E-state index contributed by atoms with van der Waals surface area (Å²) in [7, 11) is 1.64. The minimum absolute atomic E-state index is 0.00868. The molecule has 0 spiro atoms. The second-order valence-electron chi connectivity index (χ2n) is 7.68. The van der Waals surface area contributed by atoms with Crippen LogP contribution >= 0.6 is 11.8 Å². The number of rotatable bonds is 7. The molecule has 164 valence electrons. The highest BCUT2D eigenvalue weighted by Crippen LogP contribution is 2.48. The average molecular weight is 446 g/mol. The van der Waals surface area contributed by atoms with Gasteiger partial charge in [0, 0.05) is 5.69 Å². The summed E-state index contributed by atoms with van der Waals surface area (Å²) in [4.78, 5) is 16.1. The van der Waals surface area contributed by atoms with E-state index >= 15 is 0 Å². The van der Waals surface area contributed by atoms with Gasteiger partial charge in [0.05, 0.1) is 18.6 Å². The van der Waals surface area contributed by atoms with Crippen LogP contribution in [-0.4, -0.2) is 19.6 Å². The van der Waals surface area contributed by atoms with Crippen molar-refractivity contribution in [2.75, 3.05) is 18.6 Å². The molecule has 0 aliphatic carbocycles. The van der Waals surface area contributed by atoms with E-state index in [0.29, 0.717) is 11.5 Å². The Morgan fingerprint density at radius 3 is 2.44 bits per heavy atom. The Hall–Kier alpha value is -3.18. The lowest BCUT2D eigenvalue weighted by atomic mass is 10.1. The van der Waals surface area contributed by atoms with E-state index in [2.05, 4.69) is 38.1 Å². The number of carbonyl (C=O) groups excluding carboxylic acids is 1. The summed E-state index contributed by atoms with van der Waals surface area (Å²) in [6, 6.07) is 23.9. The Labute approximate surface area is 193 Å². The molecule has 32 heavy (non-hydrogen) atoms. The summed E-state index contributed by atoms with van der Waals surface area (Å²) in [5.41, 5.74) is 4.08. The first kappa shape index (κ1) is 22.0. The maximum Gasteiger partial charge on any atom is 0.266 e. The fourth-order valence-corrected chi connectivity index (χ4v) is 4.81. The zero-order chi connectivity index (χ0) is 22.5. The van der Waals surface area contributed by atoms with Crippen LogP contribution in [0.1, 0.15) is 35.4 Å². The fourth-order valence-electron chi connectivity index (χ4n) is 3.55. The van der Waals surface area contributed by atoms with E-state index in [9.17, 15) is 4.79 Å². The van der Waals surface area contributed by atoms with E-state index in [1.165, 1.54) is 5.56 Å². The van der Waals surface area contributed by atoms with E-state index < -0.39 is 0 Å². The van der Waals surface area contributed by atoms with Crippen LogP contribution in [0.15, 0.2) is 77.7 Å². The zero-order valence-electron chi connectivity index (χ0n) is 18.6. The molecule has 3 aromatic rings. The first-order valence-electron chi connectivity index (χ1n) is 10.7. The number of thioether (sulfide) groups is 1. The normalized spacial score (nSPS) is 17.1. The smallest absolute Gasteiger partial charge is 0.266 e. The number of aryl methyl sites for hydroxylation is 1. The molecule has 0 aromatic heterocycles. The summed E-state index contributed by atoms with van der Waals surface area (Å²) < 4.78 is 11.0. The lowest BCUT2D eigenvalue weighted by Gasteiger charge is -2.24. The Balaban J connectivity index is 1.70. The van der Waals surface area contributed by atoms with Crippen molar-refractivity contribution in [3.8, 4) is 11.5 Å². The monoisotopic (exact) mass is 445 g/mol. The van der Waals surface area contributed by atoms with Crippen molar-refractivity contribution in [2.45, 2.75) is 25.6 Å². The van der Waals surface area contributed by atoms with Crippen molar-refractivity contribution in [2.24, 2.45) is 0 Å². The maximum absolute atomic E-state index is 13.5. The van der Waals surface area contributed by atoms with Crippen molar-refractivity contribution in [1.82, 2.24) is 0 Å². The predicted octanol–water partition coefficient (Wildman–Crippen LogP) is 6.61. The SMILES string of the molecule is CCCOc1cccc(/C=C2/S[C@H](c3ccc(C)cc3)N(c3ccc(OC)cc3)C2=O)c1. The van der Waals surface area contributed by atoms with Gasteiger partial charge >= 0.3 is 0 Å². The molecule has 4 nitrogen and oxygen atoms in total. The molecule has 0 bridgehead atoms. The van der Waals surface area contributed by atoms with Crippen LogP contribution in [0.5, 0.6) is 11.5 Å². The first-order valence-corrected chi connectivity index (χ1v) is 11.6. The minimum Gasteiger partial charge on any atom is -0.497 e. The van der Waals surface area contributed by atoms with Gasteiger partial charge in [-0.05, 0) is 66.9 Å². The van der Waals surface area contributed by atoms with Crippen LogP contribution in [0.25, 0.3) is 6.08 Å². The van der Waals surface area contributed by atoms with E-state index in [4.69, 9.17) is 9.47 Å². The van der Waals surface area contributed by atoms with Gasteiger partial charge in [-0.3, -0.25) is 9.69 Å². The van der Waals surface area contributed by atoms with Gasteiger partial charge in [0.25, 0.3) is 5.91 Å². The summed E-state index contributed by atoms with van der Waals surface area (Å²) >= 11 is 1.57. The van der Waals surface area contributed by atoms with Crippen molar-refractivity contribution >= 4 is 29.4 Å². The summed E-state index contributed by atoms with van der Waals surface area (Å²) in [5, 5.41) is -0.137. The molecule has 4 rings (SSSR count). The van der Waals surface area contributed by atoms with Crippen molar-refractivity contribution in [3.63, 3.8) is 0 Å². The van der Waals surface area contributed by atoms with Crippen LogP contribution in [0.4, 0.5) is 5.69 Å². The van der Waals surface area contributed by atoms with Crippen molar-refractivity contribution < 1.29 is 14.3 Å². The molecule has 0 unspecified atom stereocenters. The molecular weight excluding hydrogens is 418 g/mol. The number of hydrogen-bond acceptors (Lipinski definition) is 4. The summed E-state index contributed by atoms with van der Waals surface area (Å²) in [5.74, 6) is 1.57. The lowest BCUT2D eigenvalue weighted by Crippen LogP contribution is -2.27. The second-order valence-corrected chi connectivity index (χ2v) is 8.81. The standard InChI is InChI=1S/C27H27NO3S/c1-4-16-31-24-7-5-6-20(17-24)18-25-26(29)28(22-12-14-23(30-3)15-13-22)27(32-25)21-10-8-19(2)9-11-21/h5-15,17-18,27H,4,16H2,1-3H3/b25-18+/t27-/m1/s1. The van der Waals surface area contributed by atoms with Gasteiger partial charge in [-0.2, -0.15) is 0 Å². The zero-order valence-corrected chi connectivity index (χ0v) is 19.4.